The first kappa shape index (κ1) is 14.5. The van der Waals surface area contributed by atoms with Gasteiger partial charge in [-0.3, -0.25) is 9.82 Å². The molecule has 0 amide bonds. The van der Waals surface area contributed by atoms with E-state index in [1.54, 1.807) is 14.0 Å². The zero-order valence-corrected chi connectivity index (χ0v) is 13.4. The van der Waals surface area contributed by atoms with Crippen LogP contribution < -0.4 is 10.0 Å². The highest BCUT2D eigenvalue weighted by Gasteiger charge is 2.28. The van der Waals surface area contributed by atoms with Gasteiger partial charge in [-0.15, -0.1) is 11.3 Å². The quantitative estimate of drug-likeness (QED) is 0.748. The van der Waals surface area contributed by atoms with Crippen molar-refractivity contribution in [2.45, 2.75) is 37.3 Å². The molecule has 3 rings (SSSR count). The van der Waals surface area contributed by atoms with E-state index in [1.165, 1.54) is 11.3 Å². The van der Waals surface area contributed by atoms with E-state index >= 15 is 0 Å². The SMILES string of the molecule is CNCc1c(S(=O)(=O)Nc2nc(C3CC3)cs2)n[nH]c1C. The van der Waals surface area contributed by atoms with Gasteiger partial charge in [-0.2, -0.15) is 13.5 Å². The third-order valence-electron chi connectivity index (χ3n) is 3.38. The van der Waals surface area contributed by atoms with Crippen LogP contribution in [-0.4, -0.2) is 30.6 Å². The van der Waals surface area contributed by atoms with E-state index in [2.05, 4.69) is 25.2 Å². The van der Waals surface area contributed by atoms with E-state index < -0.39 is 10.0 Å². The minimum absolute atomic E-state index is 0.0255. The number of anilines is 1. The van der Waals surface area contributed by atoms with Gasteiger partial charge in [0.1, 0.15) is 0 Å². The van der Waals surface area contributed by atoms with Crippen molar-refractivity contribution in [1.29, 1.82) is 0 Å². The van der Waals surface area contributed by atoms with Crippen LogP contribution in [0.25, 0.3) is 0 Å². The Hall–Kier alpha value is -1.45. The Morgan fingerprint density at radius 2 is 2.24 bits per heavy atom. The lowest BCUT2D eigenvalue weighted by atomic mass is 10.3. The number of nitrogens with zero attached hydrogens (tertiary/aromatic N) is 2. The van der Waals surface area contributed by atoms with Gasteiger partial charge in [-0.1, -0.05) is 0 Å². The van der Waals surface area contributed by atoms with Crippen LogP contribution in [0, 0.1) is 6.92 Å². The molecule has 2 aromatic heterocycles. The van der Waals surface area contributed by atoms with Crippen molar-refractivity contribution in [3.8, 4) is 0 Å². The molecule has 1 fully saturated rings. The normalized spacial score (nSPS) is 15.3. The van der Waals surface area contributed by atoms with Crippen molar-refractivity contribution in [2.24, 2.45) is 0 Å². The second-order valence-electron chi connectivity index (χ2n) is 5.12. The van der Waals surface area contributed by atoms with Gasteiger partial charge in [0.15, 0.2) is 5.13 Å². The zero-order valence-electron chi connectivity index (χ0n) is 11.8. The molecule has 0 spiro atoms. The van der Waals surface area contributed by atoms with Crippen LogP contribution in [0.4, 0.5) is 5.13 Å². The summed E-state index contributed by atoms with van der Waals surface area (Å²) in [6.07, 6.45) is 2.28. The number of H-pyrrole nitrogens is 1. The summed E-state index contributed by atoms with van der Waals surface area (Å²) >= 11 is 1.31. The number of nitrogens with one attached hydrogen (secondary N) is 3. The van der Waals surface area contributed by atoms with E-state index in [9.17, 15) is 8.42 Å². The van der Waals surface area contributed by atoms with Crippen molar-refractivity contribution in [2.75, 3.05) is 11.8 Å². The second kappa shape index (κ2) is 5.39. The number of hydrogen-bond donors (Lipinski definition) is 3. The maximum Gasteiger partial charge on any atom is 0.283 e. The number of aromatic amines is 1. The number of hydrogen-bond acceptors (Lipinski definition) is 6. The van der Waals surface area contributed by atoms with Crippen LogP contribution in [0.15, 0.2) is 10.4 Å². The summed E-state index contributed by atoms with van der Waals surface area (Å²) in [5.41, 5.74) is 2.36. The largest absolute Gasteiger partial charge is 0.316 e. The van der Waals surface area contributed by atoms with Gasteiger partial charge < -0.3 is 5.32 Å². The first-order chi connectivity index (χ1) is 10.0. The average molecular weight is 327 g/mol. The smallest absolute Gasteiger partial charge is 0.283 e. The lowest BCUT2D eigenvalue weighted by molar-refractivity contribution is 0.595. The van der Waals surface area contributed by atoms with E-state index in [0.717, 1.165) is 24.2 Å². The summed E-state index contributed by atoms with van der Waals surface area (Å²) in [4.78, 5) is 4.34. The molecule has 0 aliphatic heterocycles. The Bertz CT molecular complexity index is 746. The van der Waals surface area contributed by atoms with Crippen LogP contribution in [0.3, 0.4) is 0 Å². The summed E-state index contributed by atoms with van der Waals surface area (Å²) in [7, 11) is -1.96. The Kier molecular flexibility index (Phi) is 3.72. The van der Waals surface area contributed by atoms with Gasteiger partial charge in [0.05, 0.1) is 5.69 Å². The highest BCUT2D eigenvalue weighted by Crippen LogP contribution is 2.41. The van der Waals surface area contributed by atoms with E-state index in [4.69, 9.17) is 0 Å². The third-order valence-corrected chi connectivity index (χ3v) is 5.60. The molecule has 9 heteroatoms. The van der Waals surface area contributed by atoms with Gasteiger partial charge in [0.25, 0.3) is 10.0 Å². The first-order valence-electron chi connectivity index (χ1n) is 6.68. The molecule has 0 atom stereocenters. The minimum Gasteiger partial charge on any atom is -0.316 e. The number of sulfonamides is 1. The van der Waals surface area contributed by atoms with E-state index in [0.29, 0.717) is 23.2 Å². The predicted molar refractivity (Wildman–Crippen MR) is 81.0 cm³/mol. The van der Waals surface area contributed by atoms with Crippen molar-refractivity contribution in [3.05, 3.63) is 22.3 Å². The van der Waals surface area contributed by atoms with Crippen molar-refractivity contribution < 1.29 is 8.42 Å². The fourth-order valence-electron chi connectivity index (χ4n) is 2.10. The highest BCUT2D eigenvalue weighted by atomic mass is 32.2. The molecule has 2 aromatic rings. The molecule has 0 radical (unpaired) electrons. The molecule has 0 saturated heterocycles. The lowest BCUT2D eigenvalue weighted by Crippen LogP contribution is -2.17. The molecule has 0 bridgehead atoms. The minimum atomic E-state index is -3.72. The van der Waals surface area contributed by atoms with Crippen LogP contribution in [0.5, 0.6) is 0 Å². The molecule has 2 heterocycles. The molecule has 21 heavy (non-hydrogen) atoms. The first-order valence-corrected chi connectivity index (χ1v) is 9.04. The van der Waals surface area contributed by atoms with Crippen LogP contribution in [0.2, 0.25) is 0 Å². The standard InChI is InChI=1S/C12H17N5O2S2/c1-7-9(5-13-2)11(16-15-7)21(18,19)17-12-14-10(6-20-12)8-3-4-8/h6,8,13H,3-5H2,1-2H3,(H,14,17)(H,15,16). The van der Waals surface area contributed by atoms with Gasteiger partial charge in [-0.05, 0) is 26.8 Å². The number of thiazole rings is 1. The Balaban J connectivity index is 1.85. The topological polar surface area (TPSA) is 99.8 Å². The maximum atomic E-state index is 12.5. The van der Waals surface area contributed by atoms with E-state index in [-0.39, 0.29) is 5.03 Å². The molecule has 3 N–H and O–H groups in total. The zero-order chi connectivity index (χ0) is 15.0. The van der Waals surface area contributed by atoms with E-state index in [1.807, 2.05) is 5.38 Å². The molecular formula is C12H17N5O2S2. The fourth-order valence-corrected chi connectivity index (χ4v) is 4.35. The molecule has 0 aromatic carbocycles. The molecular weight excluding hydrogens is 310 g/mol. The third kappa shape index (κ3) is 2.94. The van der Waals surface area contributed by atoms with Crippen LogP contribution in [0.1, 0.15) is 35.7 Å². The average Bonchev–Trinajstić information content (AvgIpc) is 3.07. The second-order valence-corrected chi connectivity index (χ2v) is 7.58. The molecule has 1 aliphatic carbocycles. The molecule has 7 nitrogen and oxygen atoms in total. The summed E-state index contributed by atoms with van der Waals surface area (Å²) in [5.74, 6) is 0.506. The Morgan fingerprint density at radius 3 is 2.90 bits per heavy atom. The summed E-state index contributed by atoms with van der Waals surface area (Å²) < 4.78 is 27.4. The number of aromatic nitrogens is 3. The van der Waals surface area contributed by atoms with Crippen LogP contribution >= 0.6 is 11.3 Å². The van der Waals surface area contributed by atoms with Crippen molar-refractivity contribution >= 4 is 26.5 Å². The summed E-state index contributed by atoms with van der Waals surface area (Å²) in [6, 6.07) is 0. The molecule has 0 unspecified atom stereocenters. The van der Waals surface area contributed by atoms with Gasteiger partial charge >= 0.3 is 0 Å². The predicted octanol–water partition coefficient (Wildman–Crippen LogP) is 1.57. The van der Waals surface area contributed by atoms with Crippen LogP contribution in [-0.2, 0) is 16.6 Å². The molecule has 114 valence electrons. The monoisotopic (exact) mass is 327 g/mol. The summed E-state index contributed by atoms with van der Waals surface area (Å²) in [6.45, 7) is 2.23. The van der Waals surface area contributed by atoms with Gasteiger partial charge in [0.2, 0.25) is 5.03 Å². The van der Waals surface area contributed by atoms with Crippen molar-refractivity contribution in [3.63, 3.8) is 0 Å². The Labute approximate surface area is 127 Å². The van der Waals surface area contributed by atoms with Gasteiger partial charge in [-0.25, -0.2) is 4.98 Å². The molecule has 1 saturated carbocycles. The summed E-state index contributed by atoms with van der Waals surface area (Å²) in [5, 5.41) is 11.9. The highest BCUT2D eigenvalue weighted by molar-refractivity contribution is 7.92. The lowest BCUT2D eigenvalue weighted by Gasteiger charge is -2.05. The molecule has 1 aliphatic rings. The van der Waals surface area contributed by atoms with Crippen molar-refractivity contribution in [1.82, 2.24) is 20.5 Å². The maximum absolute atomic E-state index is 12.5. The Morgan fingerprint density at radius 1 is 1.48 bits per heavy atom. The van der Waals surface area contributed by atoms with Gasteiger partial charge in [0, 0.05) is 29.1 Å². The number of rotatable bonds is 6. The number of aryl methyl sites for hydroxylation is 1. The fraction of sp³-hybridized carbons (Fsp3) is 0.500.